The third-order valence-corrected chi connectivity index (χ3v) is 3.24. The highest BCUT2D eigenvalue weighted by molar-refractivity contribution is 6.30. The lowest BCUT2D eigenvalue weighted by Gasteiger charge is -2.08. The maximum Gasteiger partial charge on any atom is 0.237 e. The molecular formula is C16H17ClN2O2. The van der Waals surface area contributed by atoms with Gasteiger partial charge in [0.2, 0.25) is 11.8 Å². The van der Waals surface area contributed by atoms with Gasteiger partial charge in [0, 0.05) is 18.7 Å². The zero-order valence-corrected chi connectivity index (χ0v) is 12.5. The average Bonchev–Trinajstić information content (AvgIpc) is 2.46. The molecule has 0 bridgehead atoms. The number of halogens is 1. The van der Waals surface area contributed by atoms with E-state index in [0.717, 1.165) is 16.5 Å². The molecule has 0 aliphatic carbocycles. The standard InChI is InChI=1S/C16H17ClN2O2/c1-11(17)16(21)18-9-8-15(20)19-14-7-6-12-4-2-3-5-13(12)10-14/h2-7,10-11H,8-9H2,1H3,(H,18,21)(H,19,20). The number of hydrogen-bond donors (Lipinski definition) is 2. The Morgan fingerprint density at radius 1 is 1.14 bits per heavy atom. The number of carbonyl (C=O) groups excluding carboxylic acids is 2. The van der Waals surface area contributed by atoms with Crippen LogP contribution in [0.1, 0.15) is 13.3 Å². The minimum absolute atomic E-state index is 0.146. The third kappa shape index (κ3) is 4.46. The molecule has 2 rings (SSSR count). The van der Waals surface area contributed by atoms with Gasteiger partial charge in [0.15, 0.2) is 0 Å². The van der Waals surface area contributed by atoms with Crippen LogP contribution in [-0.2, 0) is 9.59 Å². The molecule has 0 radical (unpaired) electrons. The monoisotopic (exact) mass is 304 g/mol. The lowest BCUT2D eigenvalue weighted by molar-refractivity contribution is -0.120. The van der Waals surface area contributed by atoms with Crippen LogP contribution in [0.3, 0.4) is 0 Å². The largest absolute Gasteiger partial charge is 0.354 e. The van der Waals surface area contributed by atoms with Gasteiger partial charge in [-0.05, 0) is 29.8 Å². The van der Waals surface area contributed by atoms with Crippen molar-refractivity contribution in [1.82, 2.24) is 5.32 Å². The fourth-order valence-electron chi connectivity index (χ4n) is 1.93. The summed E-state index contributed by atoms with van der Waals surface area (Å²) >= 11 is 5.62. The summed E-state index contributed by atoms with van der Waals surface area (Å²) in [6.45, 7) is 1.86. The van der Waals surface area contributed by atoms with Crippen molar-refractivity contribution in [3.63, 3.8) is 0 Å². The van der Waals surface area contributed by atoms with E-state index in [1.165, 1.54) is 0 Å². The Morgan fingerprint density at radius 2 is 1.86 bits per heavy atom. The summed E-state index contributed by atoms with van der Waals surface area (Å²) in [5, 5.41) is 7.01. The van der Waals surface area contributed by atoms with Crippen LogP contribution in [0.2, 0.25) is 0 Å². The zero-order chi connectivity index (χ0) is 15.2. The molecule has 0 aliphatic heterocycles. The lowest BCUT2D eigenvalue weighted by atomic mass is 10.1. The summed E-state index contributed by atoms with van der Waals surface area (Å²) in [5.74, 6) is -0.414. The van der Waals surface area contributed by atoms with Crippen LogP contribution in [0, 0.1) is 0 Å². The van der Waals surface area contributed by atoms with Gasteiger partial charge in [-0.2, -0.15) is 0 Å². The zero-order valence-electron chi connectivity index (χ0n) is 11.7. The van der Waals surface area contributed by atoms with E-state index in [1.54, 1.807) is 6.92 Å². The van der Waals surface area contributed by atoms with Crippen LogP contribution in [0.5, 0.6) is 0 Å². The quantitative estimate of drug-likeness (QED) is 0.835. The summed E-state index contributed by atoms with van der Waals surface area (Å²) in [7, 11) is 0. The molecule has 0 fully saturated rings. The molecule has 2 aromatic carbocycles. The summed E-state index contributed by atoms with van der Waals surface area (Å²) in [5.41, 5.74) is 0.746. The molecule has 2 aromatic rings. The van der Waals surface area contributed by atoms with E-state index >= 15 is 0 Å². The highest BCUT2D eigenvalue weighted by atomic mass is 35.5. The van der Waals surface area contributed by atoms with Gasteiger partial charge in [-0.25, -0.2) is 0 Å². The molecular weight excluding hydrogens is 288 g/mol. The molecule has 0 saturated carbocycles. The van der Waals surface area contributed by atoms with E-state index in [9.17, 15) is 9.59 Å². The number of anilines is 1. The first-order chi connectivity index (χ1) is 10.1. The Balaban J connectivity index is 1.88. The number of fused-ring (bicyclic) bond motifs is 1. The van der Waals surface area contributed by atoms with Gasteiger partial charge in [0.1, 0.15) is 5.38 Å². The van der Waals surface area contributed by atoms with Crippen molar-refractivity contribution in [3.8, 4) is 0 Å². The summed E-state index contributed by atoms with van der Waals surface area (Å²) in [4.78, 5) is 23.1. The molecule has 1 atom stereocenters. The molecule has 0 heterocycles. The van der Waals surface area contributed by atoms with Crippen molar-refractivity contribution in [3.05, 3.63) is 42.5 Å². The van der Waals surface area contributed by atoms with Crippen molar-refractivity contribution in [1.29, 1.82) is 0 Å². The predicted molar refractivity (Wildman–Crippen MR) is 85.5 cm³/mol. The van der Waals surface area contributed by atoms with Gasteiger partial charge in [-0.15, -0.1) is 11.6 Å². The smallest absolute Gasteiger partial charge is 0.237 e. The first-order valence-electron chi connectivity index (χ1n) is 6.76. The van der Waals surface area contributed by atoms with Crippen molar-refractivity contribution >= 4 is 39.9 Å². The molecule has 2 N–H and O–H groups in total. The third-order valence-electron chi connectivity index (χ3n) is 3.05. The van der Waals surface area contributed by atoms with Gasteiger partial charge in [-0.3, -0.25) is 9.59 Å². The van der Waals surface area contributed by atoms with Crippen LogP contribution in [0.15, 0.2) is 42.5 Å². The lowest BCUT2D eigenvalue weighted by Crippen LogP contribution is -2.32. The highest BCUT2D eigenvalue weighted by Crippen LogP contribution is 2.18. The Bertz CT molecular complexity index is 656. The Hall–Kier alpha value is -2.07. The molecule has 0 spiro atoms. The molecule has 4 nitrogen and oxygen atoms in total. The van der Waals surface area contributed by atoms with E-state index in [1.807, 2.05) is 42.5 Å². The second-order valence-corrected chi connectivity index (χ2v) is 5.42. The van der Waals surface area contributed by atoms with Crippen molar-refractivity contribution in [2.24, 2.45) is 0 Å². The topological polar surface area (TPSA) is 58.2 Å². The molecule has 5 heteroatoms. The summed E-state index contributed by atoms with van der Waals surface area (Å²) < 4.78 is 0. The maximum atomic E-state index is 11.8. The van der Waals surface area contributed by atoms with Crippen molar-refractivity contribution in [2.45, 2.75) is 18.7 Å². The fraction of sp³-hybridized carbons (Fsp3) is 0.250. The van der Waals surface area contributed by atoms with Gasteiger partial charge < -0.3 is 10.6 Å². The number of carbonyl (C=O) groups is 2. The Kier molecular flexibility index (Phi) is 5.17. The molecule has 21 heavy (non-hydrogen) atoms. The van der Waals surface area contributed by atoms with Gasteiger partial charge in [-0.1, -0.05) is 30.3 Å². The number of alkyl halides is 1. The van der Waals surface area contributed by atoms with E-state index in [4.69, 9.17) is 11.6 Å². The molecule has 2 amide bonds. The molecule has 1 unspecified atom stereocenters. The maximum absolute atomic E-state index is 11.8. The van der Waals surface area contributed by atoms with E-state index in [0.29, 0.717) is 0 Å². The second-order valence-electron chi connectivity index (χ2n) is 4.77. The molecule has 0 saturated heterocycles. The van der Waals surface area contributed by atoms with Crippen LogP contribution < -0.4 is 10.6 Å². The van der Waals surface area contributed by atoms with Gasteiger partial charge >= 0.3 is 0 Å². The first kappa shape index (κ1) is 15.3. The van der Waals surface area contributed by atoms with E-state index < -0.39 is 5.38 Å². The van der Waals surface area contributed by atoms with Crippen molar-refractivity contribution in [2.75, 3.05) is 11.9 Å². The van der Waals surface area contributed by atoms with Crippen LogP contribution in [0.4, 0.5) is 5.69 Å². The number of rotatable bonds is 5. The van der Waals surface area contributed by atoms with Crippen LogP contribution >= 0.6 is 11.6 Å². The SMILES string of the molecule is CC(Cl)C(=O)NCCC(=O)Nc1ccc2ccccc2c1. The fourth-order valence-corrected chi connectivity index (χ4v) is 2.01. The van der Waals surface area contributed by atoms with E-state index in [-0.39, 0.29) is 24.8 Å². The number of amides is 2. The van der Waals surface area contributed by atoms with Gasteiger partial charge in [0.05, 0.1) is 0 Å². The highest BCUT2D eigenvalue weighted by Gasteiger charge is 2.09. The summed E-state index contributed by atoms with van der Waals surface area (Å²) in [6.07, 6.45) is 0.210. The van der Waals surface area contributed by atoms with Crippen molar-refractivity contribution < 1.29 is 9.59 Å². The van der Waals surface area contributed by atoms with Gasteiger partial charge in [0.25, 0.3) is 0 Å². The minimum Gasteiger partial charge on any atom is -0.354 e. The minimum atomic E-state index is -0.589. The molecule has 0 aromatic heterocycles. The Labute approximate surface area is 128 Å². The number of benzene rings is 2. The van der Waals surface area contributed by atoms with Crippen LogP contribution in [-0.4, -0.2) is 23.7 Å². The van der Waals surface area contributed by atoms with Crippen LogP contribution in [0.25, 0.3) is 10.8 Å². The molecule has 110 valence electrons. The number of nitrogens with one attached hydrogen (secondary N) is 2. The average molecular weight is 305 g/mol. The predicted octanol–water partition coefficient (Wildman–Crippen LogP) is 2.91. The molecule has 0 aliphatic rings. The first-order valence-corrected chi connectivity index (χ1v) is 7.20. The Morgan fingerprint density at radius 3 is 2.57 bits per heavy atom. The summed E-state index contributed by atoms with van der Waals surface area (Å²) in [6, 6.07) is 13.7. The second kappa shape index (κ2) is 7.09. The normalized spacial score (nSPS) is 11.9. The number of hydrogen-bond acceptors (Lipinski definition) is 2. The van der Waals surface area contributed by atoms with E-state index in [2.05, 4.69) is 10.6 Å².